The number of hydrogen-bond acceptors (Lipinski definition) is 4. The molecule has 5 nitrogen and oxygen atoms in total. The minimum atomic E-state index is -0.200. The Morgan fingerprint density at radius 3 is 2.83 bits per heavy atom. The molecule has 1 amide bonds. The van der Waals surface area contributed by atoms with Crippen LogP contribution < -0.4 is 0 Å². The molecule has 1 aromatic heterocycles. The number of allylic oxidation sites excluding steroid dienone is 3. The van der Waals surface area contributed by atoms with Crippen molar-refractivity contribution in [2.45, 2.75) is 64.8 Å². The number of hydrogen-bond donors (Lipinski definition) is 1. The van der Waals surface area contributed by atoms with Gasteiger partial charge in [0.2, 0.25) is 5.91 Å². The van der Waals surface area contributed by atoms with Crippen molar-refractivity contribution >= 4 is 17.3 Å². The van der Waals surface area contributed by atoms with Gasteiger partial charge in [-0.15, -0.1) is 0 Å². The number of halogens is 1. The van der Waals surface area contributed by atoms with Crippen LogP contribution in [0.3, 0.4) is 0 Å². The fourth-order valence-corrected chi connectivity index (χ4v) is 5.08. The molecule has 2 atom stereocenters. The van der Waals surface area contributed by atoms with Gasteiger partial charge in [0.1, 0.15) is 11.6 Å². The molecule has 0 bridgehead atoms. The molecule has 184 valence electrons. The minimum Gasteiger partial charge on any atom is -0.506 e. The zero-order valence-electron chi connectivity index (χ0n) is 20.6. The summed E-state index contributed by atoms with van der Waals surface area (Å²) >= 11 is 0. The van der Waals surface area contributed by atoms with E-state index >= 15 is 0 Å². The summed E-state index contributed by atoms with van der Waals surface area (Å²) in [6.07, 6.45) is 13.8. The van der Waals surface area contributed by atoms with Gasteiger partial charge >= 0.3 is 0 Å². The average molecular weight is 476 g/mol. The van der Waals surface area contributed by atoms with E-state index in [0.29, 0.717) is 6.54 Å². The van der Waals surface area contributed by atoms with Gasteiger partial charge in [-0.05, 0) is 87.3 Å². The third kappa shape index (κ3) is 6.65. The lowest BCUT2D eigenvalue weighted by atomic mass is 9.86. The Hall–Kier alpha value is -3.28. The number of nitrogens with zero attached hydrogens (tertiary/aromatic N) is 3. The van der Waals surface area contributed by atoms with E-state index in [9.17, 15) is 14.3 Å². The van der Waals surface area contributed by atoms with Crippen LogP contribution in [0.2, 0.25) is 0 Å². The molecule has 3 heterocycles. The quantitative estimate of drug-likeness (QED) is 0.549. The Kier molecular flexibility index (Phi) is 8.11. The summed E-state index contributed by atoms with van der Waals surface area (Å²) in [5.41, 5.74) is 4.85. The van der Waals surface area contributed by atoms with Gasteiger partial charge in [-0.3, -0.25) is 14.8 Å². The molecule has 6 heteroatoms. The van der Waals surface area contributed by atoms with Crippen molar-refractivity contribution in [3.63, 3.8) is 0 Å². The Labute approximate surface area is 207 Å². The molecule has 0 saturated carbocycles. The fraction of sp³-hybridized carbons (Fsp3) is 0.414. The highest BCUT2D eigenvalue weighted by molar-refractivity contribution is 5.93. The van der Waals surface area contributed by atoms with Crippen LogP contribution in [0.1, 0.15) is 63.5 Å². The topological polar surface area (TPSA) is 65.8 Å². The highest BCUT2D eigenvalue weighted by atomic mass is 19.1. The van der Waals surface area contributed by atoms with Crippen LogP contribution in [-0.4, -0.2) is 39.2 Å². The molecule has 2 aromatic rings. The number of carbonyl (C=O) groups excluding carboxylic acids is 1. The van der Waals surface area contributed by atoms with Crippen molar-refractivity contribution in [2.24, 2.45) is 10.9 Å². The van der Waals surface area contributed by atoms with Gasteiger partial charge in [0.25, 0.3) is 0 Å². The molecule has 0 spiro atoms. The number of amides is 1. The summed E-state index contributed by atoms with van der Waals surface area (Å²) < 4.78 is 13.5. The number of aromatic hydroxyl groups is 1. The number of piperidine rings is 1. The second-order valence-electron chi connectivity index (χ2n) is 9.66. The van der Waals surface area contributed by atoms with Gasteiger partial charge in [0.05, 0.1) is 11.9 Å². The van der Waals surface area contributed by atoms with Crippen molar-refractivity contribution in [3.8, 4) is 5.75 Å². The number of benzene rings is 1. The molecule has 2 aliphatic rings. The van der Waals surface area contributed by atoms with Gasteiger partial charge in [-0.1, -0.05) is 18.2 Å². The number of likely N-dealkylation sites (tertiary alicyclic amines) is 1. The highest BCUT2D eigenvalue weighted by Crippen LogP contribution is 2.30. The van der Waals surface area contributed by atoms with E-state index < -0.39 is 0 Å². The molecule has 4 rings (SSSR count). The Bertz CT molecular complexity index is 1150. The van der Waals surface area contributed by atoms with E-state index in [1.807, 2.05) is 11.0 Å². The van der Waals surface area contributed by atoms with Crippen LogP contribution in [-0.2, 0) is 11.2 Å². The summed E-state index contributed by atoms with van der Waals surface area (Å²) in [6.45, 7) is 4.45. The zero-order chi connectivity index (χ0) is 24.8. The van der Waals surface area contributed by atoms with Gasteiger partial charge in [0.15, 0.2) is 0 Å². The van der Waals surface area contributed by atoms with E-state index in [2.05, 4.69) is 24.1 Å². The summed E-state index contributed by atoms with van der Waals surface area (Å²) in [4.78, 5) is 23.4. The molecular formula is C29H34FN3O2. The van der Waals surface area contributed by atoms with Gasteiger partial charge in [0, 0.05) is 42.9 Å². The van der Waals surface area contributed by atoms with Gasteiger partial charge < -0.3 is 10.0 Å². The molecule has 0 aliphatic carbocycles. The van der Waals surface area contributed by atoms with E-state index in [1.54, 1.807) is 31.3 Å². The maximum absolute atomic E-state index is 13.5. The molecule has 1 saturated heterocycles. The first-order valence-electron chi connectivity index (χ1n) is 12.5. The molecular weight excluding hydrogens is 441 g/mol. The predicted octanol–water partition coefficient (Wildman–Crippen LogP) is 6.10. The van der Waals surface area contributed by atoms with Crippen LogP contribution in [0.15, 0.2) is 65.4 Å². The van der Waals surface area contributed by atoms with Crippen LogP contribution in [0.5, 0.6) is 5.75 Å². The monoisotopic (exact) mass is 475 g/mol. The third-order valence-corrected chi connectivity index (χ3v) is 6.99. The lowest BCUT2D eigenvalue weighted by molar-refractivity contribution is -0.132. The number of pyridine rings is 1. The van der Waals surface area contributed by atoms with Crippen molar-refractivity contribution in [3.05, 3.63) is 77.4 Å². The van der Waals surface area contributed by atoms with Crippen LogP contribution in [0, 0.1) is 11.7 Å². The summed E-state index contributed by atoms with van der Waals surface area (Å²) in [5.74, 6) is 0.246. The van der Waals surface area contributed by atoms with Crippen LogP contribution in [0.4, 0.5) is 4.39 Å². The lowest BCUT2D eigenvalue weighted by Gasteiger charge is -2.38. The Morgan fingerprint density at radius 2 is 2.06 bits per heavy atom. The van der Waals surface area contributed by atoms with E-state index in [1.165, 1.54) is 17.8 Å². The lowest BCUT2D eigenvalue weighted by Crippen LogP contribution is -2.46. The summed E-state index contributed by atoms with van der Waals surface area (Å²) in [7, 11) is 0. The molecule has 1 N–H and O–H groups in total. The summed E-state index contributed by atoms with van der Waals surface area (Å²) in [5, 5.41) is 10.0. The number of carbonyl (C=O) groups is 1. The van der Waals surface area contributed by atoms with Crippen LogP contribution >= 0.6 is 0 Å². The van der Waals surface area contributed by atoms with Crippen molar-refractivity contribution < 1.29 is 14.3 Å². The van der Waals surface area contributed by atoms with E-state index in [4.69, 9.17) is 4.99 Å². The van der Waals surface area contributed by atoms with Gasteiger partial charge in [-0.2, -0.15) is 0 Å². The Balaban J connectivity index is 1.57. The second-order valence-corrected chi connectivity index (χ2v) is 9.66. The smallest absolute Gasteiger partial charge is 0.219 e. The van der Waals surface area contributed by atoms with E-state index in [-0.39, 0.29) is 29.4 Å². The highest BCUT2D eigenvalue weighted by Gasteiger charge is 2.30. The minimum absolute atomic E-state index is 0.105. The SMILES string of the molecule is CC(=O)N1CC(C2=N/C(c3cncc(O)c3)=C\C(CCCc3cccc(F)c3)=C/CC2)CCC1C. The fourth-order valence-electron chi connectivity index (χ4n) is 5.08. The molecule has 35 heavy (non-hydrogen) atoms. The molecule has 0 radical (unpaired) electrons. The number of aryl methyl sites for hydroxylation is 1. The second kappa shape index (κ2) is 11.4. The predicted molar refractivity (Wildman–Crippen MR) is 138 cm³/mol. The maximum Gasteiger partial charge on any atom is 0.219 e. The molecule has 1 fully saturated rings. The molecule has 1 aromatic carbocycles. The third-order valence-electron chi connectivity index (χ3n) is 6.99. The summed E-state index contributed by atoms with van der Waals surface area (Å²) in [6, 6.07) is 8.73. The first-order valence-corrected chi connectivity index (χ1v) is 12.5. The average Bonchev–Trinajstić information content (AvgIpc) is 2.81. The van der Waals surface area contributed by atoms with Crippen molar-refractivity contribution in [2.75, 3.05) is 6.54 Å². The van der Waals surface area contributed by atoms with E-state index in [0.717, 1.165) is 67.5 Å². The first-order chi connectivity index (χ1) is 16.9. The Morgan fingerprint density at radius 1 is 1.20 bits per heavy atom. The van der Waals surface area contributed by atoms with Crippen molar-refractivity contribution in [1.82, 2.24) is 9.88 Å². The standard InChI is InChI=1S/C29H34FN3O2/c1-20-12-13-24(19-33(20)21(2)34)28-11-5-9-23(7-3-6-22-8-4-10-26(30)14-22)15-29(32-28)25-16-27(35)18-31-17-25/h4,8-10,14-18,20,24,35H,3,5-7,11-13,19H2,1-2H3/b23-9-,29-15-,32-28?. The van der Waals surface area contributed by atoms with Crippen LogP contribution in [0.25, 0.3) is 5.70 Å². The van der Waals surface area contributed by atoms with Gasteiger partial charge in [-0.25, -0.2) is 4.39 Å². The zero-order valence-corrected chi connectivity index (χ0v) is 20.6. The van der Waals surface area contributed by atoms with Crippen molar-refractivity contribution in [1.29, 1.82) is 0 Å². The number of aromatic nitrogens is 1. The largest absolute Gasteiger partial charge is 0.506 e. The number of rotatable bonds is 6. The number of aliphatic imine (C=N–C) groups is 1. The first kappa shape index (κ1) is 24.8. The molecule has 2 unspecified atom stereocenters. The molecule has 2 aliphatic heterocycles. The maximum atomic E-state index is 13.5. The normalized spacial score (nSPS) is 23.9.